The van der Waals surface area contributed by atoms with Gasteiger partial charge in [0, 0.05) is 11.3 Å². The first-order valence-corrected chi connectivity index (χ1v) is 6.72. The zero-order valence-electron chi connectivity index (χ0n) is 11.0. The van der Waals surface area contributed by atoms with E-state index in [9.17, 15) is 5.11 Å². The molecule has 2 bridgehead atoms. The zero-order chi connectivity index (χ0) is 11.8. The first-order valence-electron chi connectivity index (χ1n) is 6.72. The standard InChI is InChI=1S/C15H24O/c1-10-6-9-14(3)12(16)11(10)13(2)7-5-8-15(13,14)4/h6,11-12,16H,5,7-9H2,1-4H3. The lowest BCUT2D eigenvalue weighted by atomic mass is 9.59. The Balaban J connectivity index is 2.23. The van der Waals surface area contributed by atoms with E-state index in [2.05, 4.69) is 33.8 Å². The van der Waals surface area contributed by atoms with E-state index in [-0.39, 0.29) is 11.5 Å². The number of aliphatic hydroxyl groups is 1. The summed E-state index contributed by atoms with van der Waals surface area (Å²) in [6.07, 6.45) is 7.29. The van der Waals surface area contributed by atoms with Crippen LogP contribution in [0.2, 0.25) is 0 Å². The van der Waals surface area contributed by atoms with Crippen LogP contribution in [0.4, 0.5) is 0 Å². The van der Waals surface area contributed by atoms with Gasteiger partial charge in [-0.15, -0.1) is 0 Å². The molecule has 0 saturated heterocycles. The molecule has 3 rings (SSSR count). The fraction of sp³-hybridized carbons (Fsp3) is 0.867. The molecule has 16 heavy (non-hydrogen) atoms. The fourth-order valence-corrected chi connectivity index (χ4v) is 5.45. The molecule has 2 saturated carbocycles. The Morgan fingerprint density at radius 1 is 1.19 bits per heavy atom. The molecule has 0 heterocycles. The smallest absolute Gasteiger partial charge is 0.0672 e. The highest BCUT2D eigenvalue weighted by molar-refractivity contribution is 5.31. The molecule has 0 amide bonds. The molecule has 0 radical (unpaired) electrons. The second kappa shape index (κ2) is 2.75. The van der Waals surface area contributed by atoms with Gasteiger partial charge in [-0.1, -0.05) is 38.8 Å². The van der Waals surface area contributed by atoms with E-state index in [1.54, 1.807) is 0 Å². The van der Waals surface area contributed by atoms with E-state index in [0.29, 0.717) is 16.7 Å². The molecule has 1 N–H and O–H groups in total. The summed E-state index contributed by atoms with van der Waals surface area (Å²) < 4.78 is 0. The molecule has 3 aliphatic carbocycles. The molecule has 3 aliphatic rings. The van der Waals surface area contributed by atoms with Crippen LogP contribution in [0.1, 0.15) is 53.4 Å². The van der Waals surface area contributed by atoms with Crippen molar-refractivity contribution in [1.29, 1.82) is 0 Å². The quantitative estimate of drug-likeness (QED) is 0.619. The second-order valence-corrected chi connectivity index (χ2v) is 7.10. The highest BCUT2D eigenvalue weighted by Gasteiger charge is 2.71. The van der Waals surface area contributed by atoms with Crippen LogP contribution in [-0.2, 0) is 0 Å². The Hall–Kier alpha value is -0.300. The van der Waals surface area contributed by atoms with Crippen LogP contribution in [0, 0.1) is 22.2 Å². The molecular formula is C15H24O. The van der Waals surface area contributed by atoms with Crippen LogP contribution in [0.3, 0.4) is 0 Å². The summed E-state index contributed by atoms with van der Waals surface area (Å²) in [6.45, 7) is 9.42. The van der Waals surface area contributed by atoms with Crippen molar-refractivity contribution in [2.75, 3.05) is 0 Å². The van der Waals surface area contributed by atoms with Crippen molar-refractivity contribution in [2.45, 2.75) is 59.5 Å². The summed E-state index contributed by atoms with van der Waals surface area (Å²) >= 11 is 0. The maximum atomic E-state index is 10.7. The maximum Gasteiger partial charge on any atom is 0.0672 e. The van der Waals surface area contributed by atoms with Crippen molar-refractivity contribution in [1.82, 2.24) is 0 Å². The fourth-order valence-electron chi connectivity index (χ4n) is 5.45. The Labute approximate surface area is 98.9 Å². The minimum atomic E-state index is -0.118. The summed E-state index contributed by atoms with van der Waals surface area (Å²) in [4.78, 5) is 0. The molecule has 0 spiro atoms. The molecular weight excluding hydrogens is 196 g/mol. The van der Waals surface area contributed by atoms with Gasteiger partial charge in [0.2, 0.25) is 0 Å². The van der Waals surface area contributed by atoms with Crippen LogP contribution in [0.25, 0.3) is 0 Å². The van der Waals surface area contributed by atoms with Crippen LogP contribution in [0.15, 0.2) is 11.6 Å². The summed E-state index contributed by atoms with van der Waals surface area (Å²) in [5, 5.41) is 10.7. The van der Waals surface area contributed by atoms with Crippen molar-refractivity contribution in [2.24, 2.45) is 22.2 Å². The average molecular weight is 220 g/mol. The number of allylic oxidation sites excluding steroid dienone is 1. The third-order valence-electron chi connectivity index (χ3n) is 6.89. The topological polar surface area (TPSA) is 20.2 Å². The molecule has 1 heteroatoms. The average Bonchev–Trinajstić information content (AvgIpc) is 2.55. The second-order valence-electron chi connectivity index (χ2n) is 7.10. The Morgan fingerprint density at radius 2 is 1.88 bits per heavy atom. The van der Waals surface area contributed by atoms with Gasteiger partial charge in [0.1, 0.15) is 0 Å². The lowest BCUT2D eigenvalue weighted by molar-refractivity contribution is -0.0224. The number of rotatable bonds is 0. The van der Waals surface area contributed by atoms with Gasteiger partial charge >= 0.3 is 0 Å². The first-order chi connectivity index (χ1) is 7.37. The molecule has 2 fully saturated rings. The van der Waals surface area contributed by atoms with E-state index in [1.165, 1.54) is 24.8 Å². The van der Waals surface area contributed by atoms with Gasteiger partial charge in [-0.25, -0.2) is 0 Å². The normalized spacial score (nSPS) is 59.7. The highest BCUT2D eigenvalue weighted by Crippen LogP contribution is 2.75. The summed E-state index contributed by atoms with van der Waals surface area (Å²) in [5.74, 6) is 0.416. The van der Waals surface area contributed by atoms with Crippen molar-refractivity contribution in [3.05, 3.63) is 11.6 Å². The Bertz CT molecular complexity index is 372. The van der Waals surface area contributed by atoms with E-state index in [0.717, 1.165) is 6.42 Å². The van der Waals surface area contributed by atoms with Crippen LogP contribution in [0.5, 0.6) is 0 Å². The molecule has 0 aromatic heterocycles. The van der Waals surface area contributed by atoms with E-state index in [1.807, 2.05) is 0 Å². The molecule has 0 aromatic carbocycles. The SMILES string of the molecule is CC1=CCC2(C)C(O)C1C1(C)CCCC21C. The van der Waals surface area contributed by atoms with Crippen LogP contribution >= 0.6 is 0 Å². The number of aliphatic hydroxyl groups excluding tert-OH is 1. The van der Waals surface area contributed by atoms with E-state index < -0.39 is 0 Å². The molecule has 1 nitrogen and oxygen atoms in total. The van der Waals surface area contributed by atoms with Crippen molar-refractivity contribution >= 4 is 0 Å². The Kier molecular flexibility index (Phi) is 1.86. The number of hydrogen-bond acceptors (Lipinski definition) is 1. The molecule has 5 atom stereocenters. The third kappa shape index (κ3) is 0.827. The predicted octanol–water partition coefficient (Wildman–Crippen LogP) is 3.53. The van der Waals surface area contributed by atoms with Gasteiger partial charge in [0.25, 0.3) is 0 Å². The maximum absolute atomic E-state index is 10.7. The van der Waals surface area contributed by atoms with Gasteiger partial charge in [0.15, 0.2) is 0 Å². The molecule has 0 aromatic rings. The van der Waals surface area contributed by atoms with E-state index in [4.69, 9.17) is 0 Å². The van der Waals surface area contributed by atoms with E-state index >= 15 is 0 Å². The van der Waals surface area contributed by atoms with Crippen LogP contribution in [-0.4, -0.2) is 11.2 Å². The molecule has 90 valence electrons. The minimum absolute atomic E-state index is 0.114. The summed E-state index contributed by atoms with van der Waals surface area (Å²) in [5.41, 5.74) is 2.22. The van der Waals surface area contributed by atoms with Gasteiger partial charge < -0.3 is 5.11 Å². The molecule has 0 aliphatic heterocycles. The van der Waals surface area contributed by atoms with Gasteiger partial charge in [-0.3, -0.25) is 0 Å². The van der Waals surface area contributed by atoms with Crippen molar-refractivity contribution < 1.29 is 5.11 Å². The first kappa shape index (κ1) is 10.8. The predicted molar refractivity (Wildman–Crippen MR) is 66.0 cm³/mol. The highest BCUT2D eigenvalue weighted by atomic mass is 16.3. The van der Waals surface area contributed by atoms with Crippen LogP contribution < -0.4 is 0 Å². The largest absolute Gasteiger partial charge is 0.392 e. The number of hydrogen-bond donors (Lipinski definition) is 1. The van der Waals surface area contributed by atoms with Gasteiger partial charge in [-0.2, -0.15) is 0 Å². The zero-order valence-corrected chi connectivity index (χ0v) is 11.0. The lowest BCUT2D eigenvalue weighted by Gasteiger charge is -2.45. The molecule has 5 unspecified atom stereocenters. The summed E-state index contributed by atoms with van der Waals surface area (Å²) in [6, 6.07) is 0. The van der Waals surface area contributed by atoms with Gasteiger partial charge in [0.05, 0.1) is 6.10 Å². The van der Waals surface area contributed by atoms with Gasteiger partial charge in [-0.05, 0) is 37.0 Å². The summed E-state index contributed by atoms with van der Waals surface area (Å²) in [7, 11) is 0. The third-order valence-corrected chi connectivity index (χ3v) is 6.89. The monoisotopic (exact) mass is 220 g/mol. The number of fused-ring (bicyclic) bond motifs is 5. The Morgan fingerprint density at radius 3 is 2.56 bits per heavy atom. The minimum Gasteiger partial charge on any atom is -0.392 e. The lowest BCUT2D eigenvalue weighted by Crippen LogP contribution is -2.42. The van der Waals surface area contributed by atoms with Crippen molar-refractivity contribution in [3.8, 4) is 0 Å². The van der Waals surface area contributed by atoms with Crippen molar-refractivity contribution in [3.63, 3.8) is 0 Å².